The summed E-state index contributed by atoms with van der Waals surface area (Å²) in [5.41, 5.74) is 0. The summed E-state index contributed by atoms with van der Waals surface area (Å²) in [6, 6.07) is 0. The van der Waals surface area contributed by atoms with Gasteiger partial charge in [-0.2, -0.15) is 0 Å². The van der Waals surface area contributed by atoms with E-state index < -0.39 is 0 Å². The molecule has 9 heavy (non-hydrogen) atoms. The molecule has 3 heteroatoms. The molecule has 0 fully saturated rings. The molecule has 0 saturated heterocycles. The van der Waals surface area contributed by atoms with Crippen molar-refractivity contribution in [3.05, 3.63) is 23.8 Å². The molecule has 1 aliphatic heterocycles. The average Bonchev–Trinajstić information content (AvgIpc) is 1.79. The molecule has 0 N–H and O–H groups in total. The van der Waals surface area contributed by atoms with Crippen molar-refractivity contribution in [2.45, 2.75) is 6.42 Å². The van der Waals surface area contributed by atoms with Crippen LogP contribution in [0.15, 0.2) is 23.8 Å². The lowest BCUT2D eigenvalue weighted by atomic mass is 10.3. The van der Waals surface area contributed by atoms with Crippen LogP contribution in [0.3, 0.4) is 0 Å². The van der Waals surface area contributed by atoms with Crippen LogP contribution in [0.1, 0.15) is 6.42 Å². The zero-order valence-electron chi connectivity index (χ0n) is 4.74. The molecule has 1 aliphatic rings. The van der Waals surface area contributed by atoms with E-state index in [4.69, 9.17) is 4.18 Å². The third-order valence-electron chi connectivity index (χ3n) is 0.836. The van der Waals surface area contributed by atoms with E-state index in [9.17, 15) is 4.79 Å². The smallest absolute Gasteiger partial charge is 0.160 e. The Morgan fingerprint density at radius 3 is 3.44 bits per heavy atom. The minimum atomic E-state index is 0.113. The Labute approximate surface area is 57.8 Å². The summed E-state index contributed by atoms with van der Waals surface area (Å²) in [6.45, 7) is 0. The van der Waals surface area contributed by atoms with Gasteiger partial charge in [0.1, 0.15) is 0 Å². The van der Waals surface area contributed by atoms with Crippen LogP contribution in [0.25, 0.3) is 0 Å². The fourth-order valence-electron chi connectivity index (χ4n) is 0.439. The Hall–Kier alpha value is -0.700. The SMILES string of the molecule is O=C1/C=C\SO/C=C\C1. The number of ketones is 1. The zero-order valence-corrected chi connectivity index (χ0v) is 5.56. The van der Waals surface area contributed by atoms with Gasteiger partial charge in [-0.25, -0.2) is 0 Å². The molecule has 0 spiro atoms. The van der Waals surface area contributed by atoms with Crippen LogP contribution in [-0.4, -0.2) is 5.78 Å². The highest BCUT2D eigenvalue weighted by Gasteiger charge is 1.93. The lowest BCUT2D eigenvalue weighted by Gasteiger charge is -1.94. The first-order valence-electron chi connectivity index (χ1n) is 2.56. The van der Waals surface area contributed by atoms with E-state index in [1.165, 1.54) is 12.3 Å². The van der Waals surface area contributed by atoms with E-state index in [0.717, 1.165) is 12.0 Å². The van der Waals surface area contributed by atoms with Gasteiger partial charge < -0.3 is 4.18 Å². The Balaban J connectivity index is 2.50. The van der Waals surface area contributed by atoms with Crippen molar-refractivity contribution in [1.82, 2.24) is 0 Å². The topological polar surface area (TPSA) is 26.3 Å². The summed E-state index contributed by atoms with van der Waals surface area (Å²) >= 11 is 1.14. The normalized spacial score (nSPS) is 25.6. The third-order valence-corrected chi connectivity index (χ3v) is 1.31. The van der Waals surface area contributed by atoms with Gasteiger partial charge in [0.2, 0.25) is 0 Å². The van der Waals surface area contributed by atoms with Crippen molar-refractivity contribution in [2.75, 3.05) is 0 Å². The van der Waals surface area contributed by atoms with E-state index >= 15 is 0 Å². The monoisotopic (exact) mass is 142 g/mol. The number of hydrogen-bond acceptors (Lipinski definition) is 3. The third kappa shape index (κ3) is 2.37. The Morgan fingerprint density at radius 2 is 2.56 bits per heavy atom. The van der Waals surface area contributed by atoms with E-state index in [1.807, 2.05) is 0 Å². The standard InChI is InChI=1S/C6H6O2S/c7-6-2-1-4-8-9-5-3-6/h1,3-5H,2H2/b4-1-,5-3-. The number of carbonyl (C=O) groups is 1. The molecule has 0 saturated carbocycles. The lowest BCUT2D eigenvalue weighted by Crippen LogP contribution is -1.89. The van der Waals surface area contributed by atoms with E-state index in [0.29, 0.717) is 6.42 Å². The fraction of sp³-hybridized carbons (Fsp3) is 0.167. The van der Waals surface area contributed by atoms with Gasteiger partial charge in [-0.05, 0) is 12.2 Å². The molecule has 0 amide bonds. The Kier molecular flexibility index (Phi) is 2.39. The van der Waals surface area contributed by atoms with Gasteiger partial charge in [-0.15, -0.1) is 0 Å². The molecule has 0 unspecified atom stereocenters. The minimum absolute atomic E-state index is 0.113. The van der Waals surface area contributed by atoms with E-state index in [-0.39, 0.29) is 5.78 Å². The molecule has 2 nitrogen and oxygen atoms in total. The predicted octanol–water partition coefficient (Wildman–Crippen LogP) is 1.65. The average molecular weight is 142 g/mol. The lowest BCUT2D eigenvalue weighted by molar-refractivity contribution is -0.113. The molecule has 0 bridgehead atoms. The molecule has 1 rings (SSSR count). The number of hydrogen-bond donors (Lipinski definition) is 0. The number of allylic oxidation sites excluding steroid dienone is 2. The minimum Gasteiger partial charge on any atom is -0.429 e. The largest absolute Gasteiger partial charge is 0.429 e. The fourth-order valence-corrected chi connectivity index (χ4v) is 0.854. The maximum Gasteiger partial charge on any atom is 0.160 e. The zero-order chi connectivity index (χ0) is 6.53. The summed E-state index contributed by atoms with van der Waals surface area (Å²) in [5, 5.41) is 1.63. The van der Waals surface area contributed by atoms with Gasteiger partial charge in [-0.1, -0.05) is 0 Å². The second kappa shape index (κ2) is 3.35. The first kappa shape index (κ1) is 6.42. The first-order chi connectivity index (χ1) is 4.39. The van der Waals surface area contributed by atoms with Crippen molar-refractivity contribution in [3.63, 3.8) is 0 Å². The first-order valence-corrected chi connectivity index (χ1v) is 3.36. The number of carbonyl (C=O) groups excluding carboxylic acids is 1. The van der Waals surface area contributed by atoms with Crippen LogP contribution in [0.4, 0.5) is 0 Å². The molecule has 0 aromatic carbocycles. The van der Waals surface area contributed by atoms with Crippen LogP contribution in [-0.2, 0) is 8.98 Å². The van der Waals surface area contributed by atoms with E-state index in [2.05, 4.69) is 0 Å². The van der Waals surface area contributed by atoms with E-state index in [1.54, 1.807) is 11.5 Å². The van der Waals surface area contributed by atoms with Gasteiger partial charge in [-0.3, -0.25) is 4.79 Å². The Bertz CT molecular complexity index is 160. The van der Waals surface area contributed by atoms with Crippen LogP contribution >= 0.6 is 12.0 Å². The van der Waals surface area contributed by atoms with Crippen molar-refractivity contribution in [2.24, 2.45) is 0 Å². The summed E-state index contributed by atoms with van der Waals surface area (Å²) < 4.78 is 4.82. The van der Waals surface area contributed by atoms with Gasteiger partial charge in [0, 0.05) is 11.8 Å². The summed E-state index contributed by atoms with van der Waals surface area (Å²) in [4.78, 5) is 10.6. The van der Waals surface area contributed by atoms with Crippen molar-refractivity contribution < 1.29 is 8.98 Å². The molecule has 0 aliphatic carbocycles. The maximum absolute atomic E-state index is 10.6. The number of rotatable bonds is 0. The molecule has 0 aromatic rings. The molecule has 1 heterocycles. The van der Waals surface area contributed by atoms with Crippen LogP contribution in [0.2, 0.25) is 0 Å². The van der Waals surface area contributed by atoms with Crippen LogP contribution in [0, 0.1) is 0 Å². The Morgan fingerprint density at radius 1 is 1.67 bits per heavy atom. The second-order valence-corrected chi connectivity index (χ2v) is 2.19. The molecule has 0 aromatic heterocycles. The maximum atomic E-state index is 10.6. The van der Waals surface area contributed by atoms with Gasteiger partial charge >= 0.3 is 0 Å². The predicted molar refractivity (Wildman–Crippen MR) is 36.6 cm³/mol. The van der Waals surface area contributed by atoms with Crippen molar-refractivity contribution in [3.8, 4) is 0 Å². The molecule has 0 radical (unpaired) electrons. The van der Waals surface area contributed by atoms with Crippen LogP contribution < -0.4 is 0 Å². The highest BCUT2D eigenvalue weighted by atomic mass is 32.2. The quantitative estimate of drug-likeness (QED) is 0.481. The molecule has 0 atom stereocenters. The summed E-state index contributed by atoms with van der Waals surface area (Å²) in [5.74, 6) is 0.113. The van der Waals surface area contributed by atoms with Gasteiger partial charge in [0.25, 0.3) is 0 Å². The molecule has 48 valence electrons. The highest BCUT2D eigenvalue weighted by molar-refractivity contribution is 7.97. The van der Waals surface area contributed by atoms with Crippen molar-refractivity contribution >= 4 is 17.8 Å². The summed E-state index contributed by atoms with van der Waals surface area (Å²) in [6.07, 6.45) is 5.16. The summed E-state index contributed by atoms with van der Waals surface area (Å²) in [7, 11) is 0. The second-order valence-electron chi connectivity index (χ2n) is 1.54. The highest BCUT2D eigenvalue weighted by Crippen LogP contribution is 2.08. The van der Waals surface area contributed by atoms with Crippen molar-refractivity contribution in [1.29, 1.82) is 0 Å². The van der Waals surface area contributed by atoms with Gasteiger partial charge in [0.15, 0.2) is 5.78 Å². The molecular formula is C6H6O2S. The van der Waals surface area contributed by atoms with Gasteiger partial charge in [0.05, 0.1) is 18.3 Å². The molecular weight excluding hydrogens is 136 g/mol. The van der Waals surface area contributed by atoms with Crippen LogP contribution in [0.5, 0.6) is 0 Å².